The van der Waals surface area contributed by atoms with Gasteiger partial charge in [-0.15, -0.1) is 0 Å². The van der Waals surface area contributed by atoms with Gasteiger partial charge in [-0.05, 0) is 26.7 Å². The van der Waals surface area contributed by atoms with Gasteiger partial charge in [-0.3, -0.25) is 10.1 Å². The molecule has 21 heavy (non-hydrogen) atoms. The summed E-state index contributed by atoms with van der Waals surface area (Å²) >= 11 is 0. The van der Waals surface area contributed by atoms with Crippen LogP contribution in [0.1, 0.15) is 25.5 Å². The Balaban J connectivity index is 2.26. The van der Waals surface area contributed by atoms with Crippen LogP contribution in [0.3, 0.4) is 0 Å². The van der Waals surface area contributed by atoms with E-state index in [-0.39, 0.29) is 11.8 Å². The molecule has 1 aliphatic heterocycles. The second-order valence-electron chi connectivity index (χ2n) is 4.95. The first-order chi connectivity index (χ1) is 10.1. The van der Waals surface area contributed by atoms with Crippen molar-refractivity contribution in [2.45, 2.75) is 32.8 Å². The van der Waals surface area contributed by atoms with Crippen LogP contribution < -0.4 is 10.2 Å². The summed E-state index contributed by atoms with van der Waals surface area (Å²) in [6.45, 7) is 5.71. The van der Waals surface area contributed by atoms with Gasteiger partial charge in [-0.2, -0.15) is 4.98 Å². The number of hydrogen-bond donors (Lipinski definition) is 1. The molecule has 1 aromatic rings. The minimum atomic E-state index is -0.404. The molecule has 1 N–H and O–H groups in total. The molecule has 116 valence electrons. The number of aryl methyl sites for hydroxylation is 1. The molecule has 0 spiro atoms. The van der Waals surface area contributed by atoms with Gasteiger partial charge in [0.05, 0.1) is 11.0 Å². The lowest BCUT2D eigenvalue weighted by Crippen LogP contribution is -2.38. The van der Waals surface area contributed by atoms with Crippen LogP contribution >= 0.6 is 0 Å². The van der Waals surface area contributed by atoms with Crippen LogP contribution in [0.5, 0.6) is 0 Å². The zero-order chi connectivity index (χ0) is 15.4. The largest absolute Gasteiger partial charge is 0.378 e. The highest BCUT2D eigenvalue weighted by molar-refractivity contribution is 5.62. The van der Waals surface area contributed by atoms with Crippen molar-refractivity contribution >= 4 is 17.5 Å². The molecule has 0 aliphatic carbocycles. The lowest BCUT2D eigenvalue weighted by atomic mass is 10.1. The van der Waals surface area contributed by atoms with E-state index in [0.717, 1.165) is 12.8 Å². The van der Waals surface area contributed by atoms with Crippen molar-refractivity contribution in [3.63, 3.8) is 0 Å². The zero-order valence-corrected chi connectivity index (χ0v) is 12.6. The molecule has 1 aliphatic rings. The van der Waals surface area contributed by atoms with Gasteiger partial charge in [0.25, 0.3) is 0 Å². The molecule has 8 heteroatoms. The molecular weight excluding hydrogens is 274 g/mol. The zero-order valence-electron chi connectivity index (χ0n) is 12.6. The van der Waals surface area contributed by atoms with Crippen molar-refractivity contribution in [1.82, 2.24) is 9.97 Å². The minimum Gasteiger partial charge on any atom is -0.378 e. The fourth-order valence-electron chi connectivity index (χ4n) is 2.57. The van der Waals surface area contributed by atoms with Crippen molar-refractivity contribution in [2.24, 2.45) is 0 Å². The fourth-order valence-corrected chi connectivity index (χ4v) is 2.57. The number of ether oxygens (including phenoxy) is 1. The van der Waals surface area contributed by atoms with E-state index in [1.54, 1.807) is 14.0 Å². The molecule has 2 rings (SSSR count). The lowest BCUT2D eigenvalue weighted by molar-refractivity contribution is -0.385. The highest BCUT2D eigenvalue weighted by Crippen LogP contribution is 2.31. The number of piperidine rings is 1. The molecule has 1 fully saturated rings. The summed E-state index contributed by atoms with van der Waals surface area (Å²) in [6.07, 6.45) is 1.93. The lowest BCUT2D eigenvalue weighted by Gasteiger charge is -2.32. The number of nitro groups is 1. The van der Waals surface area contributed by atoms with Gasteiger partial charge < -0.3 is 15.0 Å². The van der Waals surface area contributed by atoms with Crippen molar-refractivity contribution < 1.29 is 9.66 Å². The molecule has 0 saturated carbocycles. The molecule has 0 aromatic carbocycles. The van der Waals surface area contributed by atoms with E-state index in [9.17, 15) is 10.1 Å². The second kappa shape index (κ2) is 6.66. The summed E-state index contributed by atoms with van der Waals surface area (Å²) in [7, 11) is 1.70. The van der Waals surface area contributed by atoms with E-state index >= 15 is 0 Å². The van der Waals surface area contributed by atoms with Crippen LogP contribution in [0, 0.1) is 17.0 Å². The SMILES string of the molecule is CCOC1CCN(c2nc(NC)nc(C)c2[N+](=O)[O-])CC1. The number of nitrogens with one attached hydrogen (secondary N) is 1. The maximum Gasteiger partial charge on any atom is 0.332 e. The molecular formula is C13H21N5O3. The summed E-state index contributed by atoms with van der Waals surface area (Å²) in [5.41, 5.74) is 0.366. The van der Waals surface area contributed by atoms with E-state index in [4.69, 9.17) is 4.74 Å². The van der Waals surface area contributed by atoms with Crippen LogP contribution in [-0.4, -0.2) is 47.7 Å². The highest BCUT2D eigenvalue weighted by Gasteiger charge is 2.29. The highest BCUT2D eigenvalue weighted by atomic mass is 16.6. The van der Waals surface area contributed by atoms with Crippen LogP contribution in [0.4, 0.5) is 17.5 Å². The average Bonchev–Trinajstić information content (AvgIpc) is 2.47. The molecule has 2 heterocycles. The predicted octanol–water partition coefficient (Wildman–Crippen LogP) is 1.74. The molecule has 1 saturated heterocycles. The summed E-state index contributed by atoms with van der Waals surface area (Å²) in [4.78, 5) is 21.2. The maximum atomic E-state index is 11.3. The third kappa shape index (κ3) is 3.38. The number of rotatable bonds is 5. The Bertz CT molecular complexity index is 515. The molecule has 0 unspecified atom stereocenters. The Morgan fingerprint density at radius 2 is 2.10 bits per heavy atom. The van der Waals surface area contributed by atoms with Gasteiger partial charge in [0.1, 0.15) is 5.69 Å². The second-order valence-corrected chi connectivity index (χ2v) is 4.95. The number of hydrogen-bond acceptors (Lipinski definition) is 7. The summed E-state index contributed by atoms with van der Waals surface area (Å²) in [6, 6.07) is 0. The molecule has 1 aromatic heterocycles. The van der Waals surface area contributed by atoms with Gasteiger partial charge in [0.2, 0.25) is 11.8 Å². The number of aromatic nitrogens is 2. The predicted molar refractivity (Wildman–Crippen MR) is 79.8 cm³/mol. The standard InChI is InChI=1S/C13H21N5O3/c1-4-21-10-5-7-17(8-6-10)12-11(18(19)20)9(2)15-13(14-3)16-12/h10H,4-8H2,1-3H3,(H,14,15,16). The minimum absolute atomic E-state index is 0.0103. The molecule has 0 amide bonds. The van der Waals surface area contributed by atoms with Crippen LogP contribution in [0.2, 0.25) is 0 Å². The first-order valence-electron chi connectivity index (χ1n) is 7.14. The van der Waals surface area contributed by atoms with Gasteiger partial charge in [-0.25, -0.2) is 4.98 Å². The number of nitrogens with zero attached hydrogens (tertiary/aromatic N) is 4. The number of anilines is 2. The van der Waals surface area contributed by atoms with E-state index < -0.39 is 4.92 Å². The average molecular weight is 295 g/mol. The van der Waals surface area contributed by atoms with Crippen molar-refractivity contribution in [2.75, 3.05) is 37.0 Å². The van der Waals surface area contributed by atoms with E-state index in [1.165, 1.54) is 0 Å². The van der Waals surface area contributed by atoms with Crippen LogP contribution in [0.25, 0.3) is 0 Å². The van der Waals surface area contributed by atoms with Crippen molar-refractivity contribution in [3.8, 4) is 0 Å². The normalized spacial score (nSPS) is 16.0. The van der Waals surface area contributed by atoms with Crippen molar-refractivity contribution in [3.05, 3.63) is 15.8 Å². The van der Waals surface area contributed by atoms with Gasteiger partial charge in [0, 0.05) is 26.7 Å². The Kier molecular flexibility index (Phi) is 4.89. The van der Waals surface area contributed by atoms with Gasteiger partial charge in [-0.1, -0.05) is 0 Å². The van der Waals surface area contributed by atoms with E-state index in [2.05, 4.69) is 15.3 Å². The maximum absolute atomic E-state index is 11.3. The topological polar surface area (TPSA) is 93.4 Å². The fraction of sp³-hybridized carbons (Fsp3) is 0.692. The van der Waals surface area contributed by atoms with Crippen LogP contribution in [-0.2, 0) is 4.74 Å². The molecule has 8 nitrogen and oxygen atoms in total. The van der Waals surface area contributed by atoms with Crippen molar-refractivity contribution in [1.29, 1.82) is 0 Å². The van der Waals surface area contributed by atoms with Crippen LogP contribution in [0.15, 0.2) is 0 Å². The first-order valence-corrected chi connectivity index (χ1v) is 7.14. The van der Waals surface area contributed by atoms with Gasteiger partial charge >= 0.3 is 5.69 Å². The summed E-state index contributed by atoms with van der Waals surface area (Å²) < 4.78 is 5.61. The van der Waals surface area contributed by atoms with E-state index in [1.807, 2.05) is 11.8 Å². The Morgan fingerprint density at radius 3 is 2.62 bits per heavy atom. The Hall–Kier alpha value is -1.96. The Labute approximate surface area is 123 Å². The third-order valence-electron chi connectivity index (χ3n) is 3.59. The van der Waals surface area contributed by atoms with E-state index in [0.29, 0.717) is 37.2 Å². The summed E-state index contributed by atoms with van der Waals surface area (Å²) in [5, 5.41) is 14.2. The smallest absolute Gasteiger partial charge is 0.332 e. The van der Waals surface area contributed by atoms with Gasteiger partial charge in [0.15, 0.2) is 0 Å². The quantitative estimate of drug-likeness (QED) is 0.653. The third-order valence-corrected chi connectivity index (χ3v) is 3.59. The summed E-state index contributed by atoms with van der Waals surface area (Å²) in [5.74, 6) is 0.798. The molecule has 0 radical (unpaired) electrons. The molecule has 0 bridgehead atoms. The monoisotopic (exact) mass is 295 g/mol. The Morgan fingerprint density at radius 1 is 1.43 bits per heavy atom. The molecule has 0 atom stereocenters. The first kappa shape index (κ1) is 15.4.